The van der Waals surface area contributed by atoms with Crippen molar-refractivity contribution in [3.8, 4) is 33.4 Å². The topological polar surface area (TPSA) is 13.1 Å². The Morgan fingerprint density at radius 3 is 1.74 bits per heavy atom. The van der Waals surface area contributed by atoms with Crippen molar-refractivity contribution in [2.45, 2.75) is 0 Å². The van der Waals surface area contributed by atoms with Gasteiger partial charge in [0.15, 0.2) is 0 Å². The molecule has 0 unspecified atom stereocenters. The third-order valence-electron chi connectivity index (χ3n) is 7.74. The summed E-state index contributed by atoms with van der Waals surface area (Å²) in [6.45, 7) is 0. The largest absolute Gasteiger partial charge is 0.456 e. The van der Waals surface area contributed by atoms with Crippen LogP contribution in [0.3, 0.4) is 0 Å². The minimum Gasteiger partial charge on any atom is -0.456 e. The molecule has 0 saturated heterocycles. The lowest BCUT2D eigenvalue weighted by atomic mass is 9.85. The zero-order valence-corrected chi connectivity index (χ0v) is 22.3. The van der Waals surface area contributed by atoms with E-state index in [1.165, 1.54) is 12.1 Å². The molecule has 0 radical (unpaired) electrons. The summed E-state index contributed by atoms with van der Waals surface area (Å²) in [6, 6.07) is 10.8. The van der Waals surface area contributed by atoms with Crippen LogP contribution < -0.4 is 0 Å². The molecule has 1 heterocycles. The highest BCUT2D eigenvalue weighted by Gasteiger charge is 2.18. The Bertz CT molecular complexity index is 3260. The van der Waals surface area contributed by atoms with E-state index in [0.29, 0.717) is 11.1 Å². The zero-order chi connectivity index (χ0) is 41.4. The van der Waals surface area contributed by atoms with E-state index in [-0.39, 0.29) is 71.4 Å². The molecule has 0 aliphatic carbocycles. The molecule has 0 N–H and O–H groups in total. The van der Waals surface area contributed by atoms with Gasteiger partial charge >= 0.3 is 0 Å². The second-order valence-corrected chi connectivity index (χ2v) is 10.1. The fourth-order valence-electron chi connectivity index (χ4n) is 5.87. The molecule has 8 aromatic carbocycles. The number of furan rings is 1. The fraction of sp³-hybridized carbons (Fsp3) is 0. The van der Waals surface area contributed by atoms with E-state index in [2.05, 4.69) is 0 Å². The Hall–Kier alpha value is -5.66. The Labute approximate surface area is 270 Å². The summed E-state index contributed by atoms with van der Waals surface area (Å²) < 4.78 is 141. The Morgan fingerprint density at radius 1 is 0.419 bits per heavy atom. The van der Waals surface area contributed by atoms with Gasteiger partial charge in [-0.25, -0.2) is 0 Å². The molecule has 200 valence electrons. The van der Waals surface area contributed by atoms with E-state index >= 15 is 0 Å². The van der Waals surface area contributed by atoms with E-state index in [9.17, 15) is 9.60 Å². The molecule has 9 rings (SSSR count). The van der Waals surface area contributed by atoms with Gasteiger partial charge in [0.05, 0.1) is 20.6 Å². The minimum absolute atomic E-state index is 0.00831. The van der Waals surface area contributed by atoms with Gasteiger partial charge in [-0.3, -0.25) is 0 Å². The molecule has 0 atom stereocenters. The maximum atomic E-state index is 9.80. The van der Waals surface area contributed by atoms with Gasteiger partial charge in [0.2, 0.25) is 0 Å². The first kappa shape index (κ1) is 13.5. The van der Waals surface area contributed by atoms with Crippen LogP contribution in [-0.2, 0) is 0 Å². The second-order valence-electron chi connectivity index (χ2n) is 10.1. The van der Waals surface area contributed by atoms with Crippen LogP contribution in [0, 0.1) is 0 Å². The van der Waals surface area contributed by atoms with Crippen LogP contribution in [0.25, 0.3) is 87.6 Å². The predicted octanol–water partition coefficient (Wildman–Crippen LogP) is 12.0. The maximum absolute atomic E-state index is 9.80. The summed E-state index contributed by atoms with van der Waals surface area (Å²) >= 11 is 0. The summed E-state index contributed by atoms with van der Waals surface area (Å²) in [6.07, 6.45) is 0. The first-order valence-electron chi connectivity index (χ1n) is 21.1. The van der Waals surface area contributed by atoms with E-state index < -0.39 is 90.2 Å². The van der Waals surface area contributed by atoms with Crippen molar-refractivity contribution in [2.24, 2.45) is 0 Å². The van der Waals surface area contributed by atoms with Gasteiger partial charge in [-0.15, -0.1) is 0 Å². The van der Waals surface area contributed by atoms with Crippen LogP contribution in [0.2, 0.25) is 0 Å². The molecular weight excluding hydrogens is 520 g/mol. The molecule has 0 saturated carbocycles. The van der Waals surface area contributed by atoms with Crippen LogP contribution in [0.5, 0.6) is 0 Å². The summed E-state index contributed by atoms with van der Waals surface area (Å²) in [4.78, 5) is 0. The number of fused-ring (bicyclic) bond motifs is 7. The summed E-state index contributed by atoms with van der Waals surface area (Å²) in [5.74, 6) is 0. The van der Waals surface area contributed by atoms with Crippen LogP contribution in [0.4, 0.5) is 0 Å². The van der Waals surface area contributed by atoms with Crippen LogP contribution in [0.15, 0.2) is 162 Å². The van der Waals surface area contributed by atoms with Gasteiger partial charge in [-0.05, 0) is 89.9 Å². The van der Waals surface area contributed by atoms with Crippen LogP contribution in [-0.4, -0.2) is 0 Å². The van der Waals surface area contributed by atoms with Crippen molar-refractivity contribution in [2.75, 3.05) is 0 Å². The first-order chi connectivity index (χ1) is 27.6. The lowest BCUT2D eigenvalue weighted by Gasteiger charge is -2.18. The smallest absolute Gasteiger partial charge is 0.136 e. The van der Waals surface area contributed by atoms with Crippen molar-refractivity contribution in [1.82, 2.24) is 0 Å². The van der Waals surface area contributed by atoms with Gasteiger partial charge in [-0.1, -0.05) is 133 Å². The van der Waals surface area contributed by atoms with Gasteiger partial charge in [0.25, 0.3) is 0 Å². The molecule has 0 amide bonds. The van der Waals surface area contributed by atoms with Crippen LogP contribution >= 0.6 is 0 Å². The summed E-state index contributed by atoms with van der Waals surface area (Å²) in [5, 5.41) is -0.740. The Morgan fingerprint density at radius 2 is 1.02 bits per heavy atom. The lowest BCUT2D eigenvalue weighted by molar-refractivity contribution is 0.669. The summed E-state index contributed by atoms with van der Waals surface area (Å²) in [5.41, 5.74) is 1.09. The minimum atomic E-state index is -0.677. The Kier molecular flexibility index (Phi) is 2.97. The average molecular weight is 562 g/mol. The summed E-state index contributed by atoms with van der Waals surface area (Å²) in [7, 11) is 0. The molecule has 1 heteroatoms. The molecule has 0 aliphatic rings. The lowest BCUT2D eigenvalue weighted by Crippen LogP contribution is -1.91. The third kappa shape index (κ3) is 3.72. The van der Waals surface area contributed by atoms with Crippen LogP contribution in [0.1, 0.15) is 20.6 Å². The maximum Gasteiger partial charge on any atom is 0.136 e. The molecule has 0 aliphatic heterocycles. The number of rotatable bonds is 3. The molecule has 1 aromatic heterocycles. The molecule has 0 bridgehead atoms. The standard InChI is InChI=1S/C42H26O/c1-2-11-27(12-3-1)29-14-10-15-30(25-29)40-33-17-6-8-19-35(33)41(36-20-9-7-18-34(36)40)31-22-23-38-37(26-31)42-32-16-5-4-13-28(32)21-24-39(42)43-38/h1-26H/i4D,5D,6D,7D,8D,9D,13D,16D,17D,18D,19D,20D,22D,23D,26D. The predicted molar refractivity (Wildman–Crippen MR) is 183 cm³/mol. The Balaban J connectivity index is 1.57. The highest BCUT2D eigenvalue weighted by atomic mass is 16.3. The van der Waals surface area contributed by atoms with Crippen molar-refractivity contribution in [3.05, 3.63) is 157 Å². The number of benzene rings is 8. The highest BCUT2D eigenvalue weighted by molar-refractivity contribution is 6.23. The quantitative estimate of drug-likeness (QED) is 0.196. The average Bonchev–Trinajstić information content (AvgIpc) is 3.63. The number of hydrogen-bond acceptors (Lipinski definition) is 1. The number of hydrogen-bond donors (Lipinski definition) is 0. The van der Waals surface area contributed by atoms with E-state index in [0.717, 1.165) is 5.56 Å². The zero-order valence-electron chi connectivity index (χ0n) is 37.3. The highest BCUT2D eigenvalue weighted by Crippen LogP contribution is 2.45. The normalized spacial score (nSPS) is 16.6. The van der Waals surface area contributed by atoms with Crippen molar-refractivity contribution < 1.29 is 25.0 Å². The molecule has 0 fully saturated rings. The van der Waals surface area contributed by atoms with Crippen molar-refractivity contribution in [1.29, 1.82) is 0 Å². The monoisotopic (exact) mass is 561 g/mol. The molecule has 9 aromatic rings. The van der Waals surface area contributed by atoms with E-state index in [1.54, 1.807) is 18.2 Å². The second kappa shape index (κ2) is 9.44. The third-order valence-corrected chi connectivity index (χ3v) is 7.74. The van der Waals surface area contributed by atoms with Crippen molar-refractivity contribution >= 4 is 54.3 Å². The van der Waals surface area contributed by atoms with Gasteiger partial charge < -0.3 is 4.42 Å². The van der Waals surface area contributed by atoms with Gasteiger partial charge in [0.1, 0.15) is 11.2 Å². The molecule has 43 heavy (non-hydrogen) atoms. The molecular formula is C42H26O. The van der Waals surface area contributed by atoms with E-state index in [1.807, 2.05) is 36.4 Å². The van der Waals surface area contributed by atoms with E-state index in [4.69, 9.17) is 15.4 Å². The fourth-order valence-corrected chi connectivity index (χ4v) is 5.87. The molecule has 0 spiro atoms. The first-order valence-corrected chi connectivity index (χ1v) is 13.6. The molecule has 1 nitrogen and oxygen atoms in total. The van der Waals surface area contributed by atoms with Crippen molar-refractivity contribution in [3.63, 3.8) is 0 Å². The SMILES string of the molecule is [2H]c1c([2H])c([2H])c2c(ccc3oc4c([2H])c([2H])c(-c5c6c([2H])c([2H])c([2H])c([2H])c6c(-c6cccc(-c7ccccc7)c6)c6c([2H])c([2H])c([2H])c([2H])c56)c([2H])c4c32)c1[2H]. The van der Waals surface area contributed by atoms with Gasteiger partial charge in [-0.2, -0.15) is 0 Å². The van der Waals surface area contributed by atoms with Gasteiger partial charge in [0, 0.05) is 10.8 Å².